The summed E-state index contributed by atoms with van der Waals surface area (Å²) < 4.78 is 11.3. The Hall–Kier alpha value is -1.30. The molecule has 0 spiro atoms. The van der Waals surface area contributed by atoms with Crippen LogP contribution in [0.1, 0.15) is 25.3 Å². The summed E-state index contributed by atoms with van der Waals surface area (Å²) in [6, 6.07) is 10.7. The van der Waals surface area contributed by atoms with E-state index in [0.717, 1.165) is 24.1 Å². The third-order valence-electron chi connectivity index (χ3n) is 3.80. The van der Waals surface area contributed by atoms with Gasteiger partial charge in [-0.15, -0.1) is 0 Å². The number of oxime groups is 1. The Kier molecular flexibility index (Phi) is 11.0. The zero-order valence-electron chi connectivity index (χ0n) is 16.1. The van der Waals surface area contributed by atoms with Crippen molar-refractivity contribution in [3.8, 4) is 11.5 Å². The zero-order chi connectivity index (χ0) is 21.9. The maximum absolute atomic E-state index is 6.23. The molecular formula is C21H20Cl5NO3. The highest BCUT2D eigenvalue weighted by Gasteiger charge is 2.10. The van der Waals surface area contributed by atoms with Crippen molar-refractivity contribution < 1.29 is 14.3 Å². The van der Waals surface area contributed by atoms with Gasteiger partial charge in [0.15, 0.2) is 5.75 Å². The van der Waals surface area contributed by atoms with Gasteiger partial charge in [-0.05, 0) is 43.5 Å². The fourth-order valence-electron chi connectivity index (χ4n) is 2.29. The van der Waals surface area contributed by atoms with E-state index in [-0.39, 0.29) is 11.1 Å². The van der Waals surface area contributed by atoms with Crippen LogP contribution in [0.2, 0.25) is 15.1 Å². The van der Waals surface area contributed by atoms with Crippen LogP contribution in [0.5, 0.6) is 11.5 Å². The van der Waals surface area contributed by atoms with Gasteiger partial charge >= 0.3 is 0 Å². The lowest BCUT2D eigenvalue weighted by Crippen LogP contribution is -2.02. The summed E-state index contributed by atoms with van der Waals surface area (Å²) in [6.07, 6.45) is 3.02. The minimum Gasteiger partial charge on any atom is -0.490 e. The van der Waals surface area contributed by atoms with E-state index in [1.54, 1.807) is 12.1 Å². The lowest BCUT2D eigenvalue weighted by Gasteiger charge is -2.12. The lowest BCUT2D eigenvalue weighted by molar-refractivity contribution is 0.135. The summed E-state index contributed by atoms with van der Waals surface area (Å²) in [5.41, 5.74) is 1.74. The average Bonchev–Trinajstić information content (AvgIpc) is 2.69. The van der Waals surface area contributed by atoms with Crippen LogP contribution >= 0.6 is 58.0 Å². The van der Waals surface area contributed by atoms with Gasteiger partial charge in [-0.1, -0.05) is 75.3 Å². The van der Waals surface area contributed by atoms with Crippen LogP contribution in [-0.2, 0) is 4.84 Å². The Balaban J connectivity index is 1.71. The van der Waals surface area contributed by atoms with Crippen molar-refractivity contribution >= 4 is 63.7 Å². The Labute approximate surface area is 201 Å². The molecular weight excluding hydrogens is 492 g/mol. The monoisotopic (exact) mass is 509 g/mol. The first-order chi connectivity index (χ1) is 14.4. The van der Waals surface area contributed by atoms with E-state index in [4.69, 9.17) is 72.3 Å². The molecule has 0 aromatic heterocycles. The molecule has 4 nitrogen and oxygen atoms in total. The normalized spacial score (nSPS) is 11.2. The van der Waals surface area contributed by atoms with Crippen LogP contribution in [0.4, 0.5) is 0 Å². The fraction of sp³-hybridized carbons (Fsp3) is 0.286. The van der Waals surface area contributed by atoms with E-state index in [9.17, 15) is 0 Å². The molecule has 162 valence electrons. The molecule has 0 aliphatic heterocycles. The van der Waals surface area contributed by atoms with E-state index < -0.39 is 0 Å². The minimum absolute atomic E-state index is 0.127. The molecule has 0 amide bonds. The number of hydrogen-bond donors (Lipinski definition) is 0. The highest BCUT2D eigenvalue weighted by molar-refractivity contribution is 6.55. The molecule has 0 heterocycles. The number of unbranched alkanes of at least 4 members (excludes halogenated alkanes) is 1. The average molecular weight is 512 g/mol. The van der Waals surface area contributed by atoms with E-state index in [1.807, 2.05) is 31.2 Å². The van der Waals surface area contributed by atoms with Gasteiger partial charge in [0, 0.05) is 17.2 Å². The van der Waals surface area contributed by atoms with Crippen molar-refractivity contribution in [3.05, 3.63) is 67.6 Å². The van der Waals surface area contributed by atoms with Gasteiger partial charge in [0.05, 0.1) is 22.4 Å². The third-order valence-corrected chi connectivity index (χ3v) is 4.92. The number of ether oxygens (including phenoxy) is 2. The second-order valence-corrected chi connectivity index (χ2v) is 8.35. The number of hydrogen-bond acceptors (Lipinski definition) is 4. The van der Waals surface area contributed by atoms with Gasteiger partial charge in [-0.25, -0.2) is 0 Å². The minimum atomic E-state index is 0.127. The molecule has 2 aromatic rings. The predicted molar refractivity (Wildman–Crippen MR) is 126 cm³/mol. The van der Waals surface area contributed by atoms with Crippen molar-refractivity contribution in [2.75, 3.05) is 19.8 Å². The molecule has 2 aromatic carbocycles. The highest BCUT2D eigenvalue weighted by Crippen LogP contribution is 2.37. The maximum atomic E-state index is 6.23. The van der Waals surface area contributed by atoms with E-state index in [2.05, 4.69) is 5.16 Å². The van der Waals surface area contributed by atoms with E-state index in [1.165, 1.54) is 6.08 Å². The van der Waals surface area contributed by atoms with Gasteiger partial charge in [0.1, 0.15) is 23.5 Å². The Bertz CT molecular complexity index is 858. The molecule has 0 aliphatic rings. The predicted octanol–water partition coefficient (Wildman–Crippen LogP) is 7.94. The molecule has 0 N–H and O–H groups in total. The van der Waals surface area contributed by atoms with Gasteiger partial charge in [0.2, 0.25) is 0 Å². The first-order valence-electron chi connectivity index (χ1n) is 9.05. The maximum Gasteiger partial charge on any atom is 0.156 e. The van der Waals surface area contributed by atoms with Gasteiger partial charge in [-0.2, -0.15) is 0 Å². The standard InChI is InChI=1S/C21H20Cl5NO3/c1-14(15-4-6-16(22)7-5-15)27-30-10-3-2-9-29-21-18(23)12-17(13-19(21)24)28-11-8-20(25)26/h4-8,12-13H,2-3,9-11H2,1H3. The second-order valence-electron chi connectivity index (χ2n) is 6.09. The lowest BCUT2D eigenvalue weighted by atomic mass is 10.1. The molecule has 0 atom stereocenters. The quantitative estimate of drug-likeness (QED) is 0.175. The third kappa shape index (κ3) is 8.83. The summed E-state index contributed by atoms with van der Waals surface area (Å²) in [5, 5.41) is 5.51. The summed E-state index contributed by atoms with van der Waals surface area (Å²) in [6.45, 7) is 2.99. The first-order valence-corrected chi connectivity index (χ1v) is 10.9. The smallest absolute Gasteiger partial charge is 0.156 e. The number of halogens is 5. The topological polar surface area (TPSA) is 40.0 Å². The van der Waals surface area contributed by atoms with Crippen molar-refractivity contribution in [1.82, 2.24) is 0 Å². The Morgan fingerprint density at radius 2 is 1.57 bits per heavy atom. The Morgan fingerprint density at radius 3 is 2.20 bits per heavy atom. The SMILES string of the molecule is CC(=NOCCCCOc1c(Cl)cc(OCC=C(Cl)Cl)cc1Cl)c1ccc(Cl)cc1. The molecule has 30 heavy (non-hydrogen) atoms. The van der Waals surface area contributed by atoms with E-state index in [0.29, 0.717) is 39.8 Å². The van der Waals surface area contributed by atoms with Crippen LogP contribution in [0.3, 0.4) is 0 Å². The van der Waals surface area contributed by atoms with Crippen molar-refractivity contribution in [2.24, 2.45) is 5.16 Å². The molecule has 9 heteroatoms. The van der Waals surface area contributed by atoms with Crippen LogP contribution in [-0.4, -0.2) is 25.5 Å². The molecule has 0 saturated heterocycles. The van der Waals surface area contributed by atoms with Gasteiger partial charge < -0.3 is 14.3 Å². The summed E-state index contributed by atoms with van der Waals surface area (Å²) in [5.74, 6) is 0.902. The molecule has 0 saturated carbocycles. The van der Waals surface area contributed by atoms with Gasteiger partial charge in [0.25, 0.3) is 0 Å². The summed E-state index contributed by atoms with van der Waals surface area (Å²) >= 11 is 29.4. The molecule has 0 aliphatic carbocycles. The molecule has 0 radical (unpaired) electrons. The molecule has 0 unspecified atom stereocenters. The molecule has 0 fully saturated rings. The van der Waals surface area contributed by atoms with Gasteiger partial charge in [-0.3, -0.25) is 0 Å². The van der Waals surface area contributed by atoms with Crippen LogP contribution in [0, 0.1) is 0 Å². The largest absolute Gasteiger partial charge is 0.490 e. The number of nitrogens with zero attached hydrogens (tertiary/aromatic N) is 1. The van der Waals surface area contributed by atoms with Crippen molar-refractivity contribution in [2.45, 2.75) is 19.8 Å². The Morgan fingerprint density at radius 1 is 0.933 bits per heavy atom. The van der Waals surface area contributed by atoms with Crippen molar-refractivity contribution in [1.29, 1.82) is 0 Å². The second kappa shape index (κ2) is 13.2. The summed E-state index contributed by atoms with van der Waals surface area (Å²) in [4.78, 5) is 5.36. The van der Waals surface area contributed by atoms with Crippen LogP contribution < -0.4 is 9.47 Å². The first kappa shape index (κ1) is 25.0. The van der Waals surface area contributed by atoms with Crippen molar-refractivity contribution in [3.63, 3.8) is 0 Å². The highest BCUT2D eigenvalue weighted by atomic mass is 35.5. The van der Waals surface area contributed by atoms with Crippen LogP contribution in [0.15, 0.2) is 52.1 Å². The molecule has 0 bridgehead atoms. The number of rotatable bonds is 11. The number of benzene rings is 2. The summed E-state index contributed by atoms with van der Waals surface area (Å²) in [7, 11) is 0. The van der Waals surface area contributed by atoms with Crippen LogP contribution in [0.25, 0.3) is 0 Å². The molecule has 2 rings (SSSR count). The zero-order valence-corrected chi connectivity index (χ0v) is 19.9. The van der Waals surface area contributed by atoms with E-state index >= 15 is 0 Å². The fourth-order valence-corrected chi connectivity index (χ4v) is 3.12.